The van der Waals surface area contributed by atoms with E-state index in [1.165, 1.54) is 42.3 Å². The number of ether oxygens (including phenoxy) is 2. The molecule has 0 aliphatic rings. The molecule has 8 nitrogen and oxygen atoms in total. The predicted octanol–water partition coefficient (Wildman–Crippen LogP) is 1.52. The van der Waals surface area contributed by atoms with Crippen LogP contribution in [0.4, 0.5) is 10.2 Å². The number of carboxylic acid groups (broad SMARTS) is 1. The maximum absolute atomic E-state index is 13.8. The molecule has 2 aromatic rings. The van der Waals surface area contributed by atoms with Crippen LogP contribution in [-0.4, -0.2) is 47.1 Å². The summed E-state index contributed by atoms with van der Waals surface area (Å²) < 4.78 is 25.1. The smallest absolute Gasteiger partial charge is 0.325 e. The standard InChI is InChI=1S/C16H18FN3O5/c1-24-6-7-25-10-12-8-11(2-3-13(12)17)16(23)18-14-4-5-20(19-14)9-15(21)22/h2-5,8H,6-7,9-10H2,1H3,(H,21,22)(H,18,19,23). The molecule has 1 amide bonds. The van der Waals surface area contributed by atoms with Crippen LogP contribution in [0.5, 0.6) is 0 Å². The second kappa shape index (κ2) is 8.90. The molecule has 1 aromatic carbocycles. The molecule has 134 valence electrons. The molecular formula is C16H18FN3O5. The molecule has 2 N–H and O–H groups in total. The molecule has 0 aliphatic heterocycles. The minimum Gasteiger partial charge on any atom is -0.480 e. The number of anilines is 1. The molecule has 2 rings (SSSR count). The third kappa shape index (κ3) is 5.66. The molecule has 0 aliphatic carbocycles. The van der Waals surface area contributed by atoms with Gasteiger partial charge in [0, 0.05) is 30.5 Å². The van der Waals surface area contributed by atoms with Gasteiger partial charge in [-0.3, -0.25) is 14.3 Å². The summed E-state index contributed by atoms with van der Waals surface area (Å²) in [5.74, 6) is -1.80. The second-order valence-electron chi connectivity index (χ2n) is 5.10. The Morgan fingerprint density at radius 3 is 2.84 bits per heavy atom. The van der Waals surface area contributed by atoms with Gasteiger partial charge in [0.15, 0.2) is 5.82 Å². The van der Waals surface area contributed by atoms with Crippen LogP contribution >= 0.6 is 0 Å². The number of aliphatic carboxylic acids is 1. The van der Waals surface area contributed by atoms with Crippen LogP contribution in [0.2, 0.25) is 0 Å². The van der Waals surface area contributed by atoms with Crippen molar-refractivity contribution < 1.29 is 28.6 Å². The summed E-state index contributed by atoms with van der Waals surface area (Å²) in [4.78, 5) is 22.8. The van der Waals surface area contributed by atoms with Gasteiger partial charge in [-0.2, -0.15) is 5.10 Å². The first kappa shape index (κ1) is 18.6. The number of nitrogens with zero attached hydrogens (tertiary/aromatic N) is 2. The summed E-state index contributed by atoms with van der Waals surface area (Å²) in [6.45, 7) is 0.410. The zero-order chi connectivity index (χ0) is 18.2. The van der Waals surface area contributed by atoms with Gasteiger partial charge in [0.1, 0.15) is 12.4 Å². The van der Waals surface area contributed by atoms with Crippen LogP contribution in [-0.2, 0) is 27.4 Å². The fraction of sp³-hybridized carbons (Fsp3) is 0.312. The Morgan fingerprint density at radius 2 is 2.12 bits per heavy atom. The van der Waals surface area contributed by atoms with E-state index in [1.807, 2.05) is 0 Å². The van der Waals surface area contributed by atoms with Crippen molar-refractivity contribution in [3.8, 4) is 0 Å². The lowest BCUT2D eigenvalue weighted by Gasteiger charge is -2.08. The Kier molecular flexibility index (Phi) is 6.61. The lowest BCUT2D eigenvalue weighted by atomic mass is 10.1. The molecule has 0 saturated carbocycles. The van der Waals surface area contributed by atoms with Crippen molar-refractivity contribution in [2.45, 2.75) is 13.2 Å². The highest BCUT2D eigenvalue weighted by Crippen LogP contribution is 2.14. The number of methoxy groups -OCH3 is 1. The fourth-order valence-electron chi connectivity index (χ4n) is 1.99. The highest BCUT2D eigenvalue weighted by Gasteiger charge is 2.12. The van der Waals surface area contributed by atoms with Crippen molar-refractivity contribution in [3.05, 3.63) is 47.4 Å². The van der Waals surface area contributed by atoms with Gasteiger partial charge in [-0.25, -0.2) is 4.39 Å². The number of amides is 1. The summed E-state index contributed by atoms with van der Waals surface area (Å²) in [5, 5.41) is 15.1. The van der Waals surface area contributed by atoms with Crippen molar-refractivity contribution >= 4 is 17.7 Å². The van der Waals surface area contributed by atoms with Crippen molar-refractivity contribution in [2.24, 2.45) is 0 Å². The molecule has 0 fully saturated rings. The number of benzene rings is 1. The summed E-state index contributed by atoms with van der Waals surface area (Å²) in [6, 6.07) is 5.40. The van der Waals surface area contributed by atoms with Gasteiger partial charge in [-0.05, 0) is 18.2 Å². The molecule has 1 aromatic heterocycles. The molecule has 25 heavy (non-hydrogen) atoms. The van der Waals surface area contributed by atoms with Gasteiger partial charge < -0.3 is 19.9 Å². The monoisotopic (exact) mass is 351 g/mol. The Morgan fingerprint density at radius 1 is 1.32 bits per heavy atom. The number of aromatic nitrogens is 2. The quantitative estimate of drug-likeness (QED) is 0.664. The normalized spacial score (nSPS) is 10.6. The Labute approximate surface area is 143 Å². The van der Waals surface area contributed by atoms with Gasteiger partial charge in [-0.15, -0.1) is 0 Å². The van der Waals surface area contributed by atoms with E-state index in [-0.39, 0.29) is 30.1 Å². The first-order valence-electron chi connectivity index (χ1n) is 7.41. The van der Waals surface area contributed by atoms with Gasteiger partial charge in [0.2, 0.25) is 0 Å². The zero-order valence-corrected chi connectivity index (χ0v) is 13.6. The molecule has 0 atom stereocenters. The number of carbonyl (C=O) groups is 2. The molecular weight excluding hydrogens is 333 g/mol. The Hall–Kier alpha value is -2.78. The number of hydrogen-bond acceptors (Lipinski definition) is 5. The van der Waals surface area contributed by atoms with E-state index < -0.39 is 17.7 Å². The van der Waals surface area contributed by atoms with Gasteiger partial charge in [0.05, 0.1) is 19.8 Å². The number of carboxylic acids is 1. The van der Waals surface area contributed by atoms with Crippen molar-refractivity contribution in [1.82, 2.24) is 9.78 Å². The average molecular weight is 351 g/mol. The van der Waals surface area contributed by atoms with Crippen LogP contribution in [0.25, 0.3) is 0 Å². The van der Waals surface area contributed by atoms with Crippen LogP contribution in [0.1, 0.15) is 15.9 Å². The number of rotatable bonds is 9. The molecule has 0 bridgehead atoms. The Bertz CT molecular complexity index is 747. The minimum absolute atomic E-state index is 0.0174. The predicted molar refractivity (Wildman–Crippen MR) is 85.7 cm³/mol. The van der Waals surface area contributed by atoms with Crippen LogP contribution in [0.15, 0.2) is 30.5 Å². The average Bonchev–Trinajstić information content (AvgIpc) is 2.99. The number of halogens is 1. The van der Waals surface area contributed by atoms with E-state index in [4.69, 9.17) is 14.6 Å². The van der Waals surface area contributed by atoms with E-state index in [9.17, 15) is 14.0 Å². The maximum atomic E-state index is 13.8. The number of nitrogens with one attached hydrogen (secondary N) is 1. The molecule has 0 unspecified atom stereocenters. The van der Waals surface area contributed by atoms with Crippen LogP contribution in [0, 0.1) is 5.82 Å². The van der Waals surface area contributed by atoms with Crippen LogP contribution < -0.4 is 5.32 Å². The molecule has 0 saturated heterocycles. The van der Waals surface area contributed by atoms with E-state index in [0.717, 1.165) is 0 Å². The van der Waals surface area contributed by atoms with E-state index >= 15 is 0 Å². The summed E-state index contributed by atoms with van der Waals surface area (Å²) in [7, 11) is 1.53. The topological polar surface area (TPSA) is 103 Å². The minimum atomic E-state index is -1.04. The lowest BCUT2D eigenvalue weighted by molar-refractivity contribution is -0.137. The van der Waals surface area contributed by atoms with E-state index in [1.54, 1.807) is 0 Å². The zero-order valence-electron chi connectivity index (χ0n) is 13.6. The summed E-state index contributed by atoms with van der Waals surface area (Å²) in [5.41, 5.74) is 0.486. The fourth-order valence-corrected chi connectivity index (χ4v) is 1.99. The first-order valence-corrected chi connectivity index (χ1v) is 7.41. The summed E-state index contributed by atoms with van der Waals surface area (Å²) >= 11 is 0. The van der Waals surface area contributed by atoms with Gasteiger partial charge in [0.25, 0.3) is 5.91 Å². The third-order valence-corrected chi connectivity index (χ3v) is 3.18. The highest BCUT2D eigenvalue weighted by molar-refractivity contribution is 6.03. The Balaban J connectivity index is 2.01. The van der Waals surface area contributed by atoms with Crippen molar-refractivity contribution in [2.75, 3.05) is 25.6 Å². The number of hydrogen-bond donors (Lipinski definition) is 2. The maximum Gasteiger partial charge on any atom is 0.325 e. The second-order valence-corrected chi connectivity index (χ2v) is 5.10. The summed E-state index contributed by atoms with van der Waals surface area (Å²) in [6.07, 6.45) is 1.43. The number of carbonyl (C=O) groups excluding carboxylic acids is 1. The lowest BCUT2D eigenvalue weighted by Crippen LogP contribution is -2.14. The molecule has 0 radical (unpaired) electrons. The van der Waals surface area contributed by atoms with E-state index in [2.05, 4.69) is 10.4 Å². The van der Waals surface area contributed by atoms with E-state index in [0.29, 0.717) is 13.2 Å². The first-order chi connectivity index (χ1) is 12.0. The highest BCUT2D eigenvalue weighted by atomic mass is 19.1. The SMILES string of the molecule is COCCOCc1cc(C(=O)Nc2ccn(CC(=O)O)n2)ccc1F. The largest absolute Gasteiger partial charge is 0.480 e. The van der Waals surface area contributed by atoms with Gasteiger partial charge >= 0.3 is 5.97 Å². The molecule has 1 heterocycles. The third-order valence-electron chi connectivity index (χ3n) is 3.18. The van der Waals surface area contributed by atoms with Gasteiger partial charge in [-0.1, -0.05) is 0 Å². The molecule has 9 heteroatoms. The van der Waals surface area contributed by atoms with Crippen LogP contribution in [0.3, 0.4) is 0 Å². The molecule has 0 spiro atoms. The van der Waals surface area contributed by atoms with Crippen molar-refractivity contribution in [3.63, 3.8) is 0 Å². The van der Waals surface area contributed by atoms with Crippen molar-refractivity contribution in [1.29, 1.82) is 0 Å².